The van der Waals surface area contributed by atoms with E-state index in [1.54, 1.807) is 12.1 Å². The minimum Gasteiger partial charge on any atom is -0.440 e. The lowest BCUT2D eigenvalue weighted by Crippen LogP contribution is -2.62. The average Bonchev–Trinajstić information content (AvgIpc) is 2.93. The van der Waals surface area contributed by atoms with Crippen LogP contribution < -0.4 is 0 Å². The van der Waals surface area contributed by atoms with E-state index in [9.17, 15) is 9.90 Å². The third-order valence-corrected chi connectivity index (χ3v) is 5.29. The Hall–Kier alpha value is -1.04. The van der Waals surface area contributed by atoms with Gasteiger partial charge in [0.15, 0.2) is 11.0 Å². The van der Waals surface area contributed by atoms with E-state index in [-0.39, 0.29) is 35.0 Å². The number of likely N-dealkylation sites (tertiary alicyclic amines) is 2. The van der Waals surface area contributed by atoms with Crippen LogP contribution in [-0.4, -0.2) is 60.1 Å². The molecular formula is C15H21ClN2O3. The van der Waals surface area contributed by atoms with Crippen molar-refractivity contribution in [3.8, 4) is 0 Å². The number of carbonyl (C=O) groups excluding carboxylic acids is 1. The molecular weight excluding hydrogens is 292 g/mol. The highest BCUT2D eigenvalue weighted by Crippen LogP contribution is 2.41. The molecule has 2 aliphatic heterocycles. The number of hydrogen-bond donors (Lipinski definition) is 1. The van der Waals surface area contributed by atoms with Crippen molar-refractivity contribution in [3.63, 3.8) is 0 Å². The van der Waals surface area contributed by atoms with Crippen molar-refractivity contribution >= 4 is 17.5 Å². The minimum atomic E-state index is -0.118. The van der Waals surface area contributed by atoms with Gasteiger partial charge in [-0.2, -0.15) is 0 Å². The van der Waals surface area contributed by atoms with Crippen LogP contribution in [0.4, 0.5) is 0 Å². The Labute approximate surface area is 129 Å². The summed E-state index contributed by atoms with van der Waals surface area (Å²) in [6, 6.07) is 3.41. The highest BCUT2D eigenvalue weighted by atomic mass is 35.5. The summed E-state index contributed by atoms with van der Waals surface area (Å²) in [5, 5.41) is 10.1. The molecule has 3 rings (SSSR count). The number of aliphatic hydroxyl groups is 1. The number of furan rings is 1. The van der Waals surface area contributed by atoms with Crippen LogP contribution in [0, 0.1) is 5.41 Å². The molecule has 2 atom stereocenters. The molecule has 2 aliphatic rings. The Balaban J connectivity index is 1.78. The van der Waals surface area contributed by atoms with Crippen molar-refractivity contribution in [2.45, 2.75) is 25.3 Å². The lowest BCUT2D eigenvalue weighted by atomic mass is 9.69. The highest BCUT2D eigenvalue weighted by molar-refractivity contribution is 6.29. The molecule has 0 spiro atoms. The molecule has 0 aromatic carbocycles. The van der Waals surface area contributed by atoms with Crippen LogP contribution in [0.25, 0.3) is 0 Å². The molecule has 0 unspecified atom stereocenters. The van der Waals surface area contributed by atoms with Gasteiger partial charge in [0.1, 0.15) is 0 Å². The number of nitrogens with zero attached hydrogens (tertiary/aromatic N) is 2. The zero-order valence-corrected chi connectivity index (χ0v) is 13.0. The Bertz CT molecular complexity index is 533. The van der Waals surface area contributed by atoms with Gasteiger partial charge in [-0.3, -0.25) is 4.79 Å². The normalized spacial score (nSPS) is 30.2. The number of fused-ring (bicyclic) bond motifs is 1. The lowest BCUT2D eigenvalue weighted by Gasteiger charge is -2.53. The first-order valence-corrected chi connectivity index (χ1v) is 7.79. The lowest BCUT2D eigenvalue weighted by molar-refractivity contribution is -0.0605. The van der Waals surface area contributed by atoms with Crippen LogP contribution in [0.2, 0.25) is 5.22 Å². The summed E-state index contributed by atoms with van der Waals surface area (Å²) < 4.78 is 5.22. The second kappa shape index (κ2) is 5.63. The maximum absolute atomic E-state index is 12.5. The van der Waals surface area contributed by atoms with Crippen molar-refractivity contribution < 1.29 is 14.3 Å². The van der Waals surface area contributed by atoms with E-state index in [0.717, 1.165) is 25.8 Å². The standard InChI is InChI=1S/C15H21ClN2O3/c1-17-7-2-5-15(10-19)6-8-18(9-12(15)17)14(20)11-3-4-13(16)21-11/h3-4,12,19H,2,5-10H2,1H3/t12-,15-/m1/s1. The third-order valence-electron chi connectivity index (χ3n) is 5.08. The molecule has 1 amide bonds. The maximum Gasteiger partial charge on any atom is 0.289 e. The topological polar surface area (TPSA) is 56.9 Å². The number of halogens is 1. The summed E-state index contributed by atoms with van der Waals surface area (Å²) in [5.41, 5.74) is -0.0649. The van der Waals surface area contributed by atoms with Crippen LogP contribution in [0.1, 0.15) is 29.8 Å². The van der Waals surface area contributed by atoms with E-state index in [1.165, 1.54) is 0 Å². The van der Waals surface area contributed by atoms with E-state index in [2.05, 4.69) is 11.9 Å². The molecule has 1 aromatic rings. The van der Waals surface area contributed by atoms with Gasteiger partial charge in [-0.25, -0.2) is 0 Å². The molecule has 3 heterocycles. The maximum atomic E-state index is 12.5. The van der Waals surface area contributed by atoms with Crippen LogP contribution in [0.5, 0.6) is 0 Å². The van der Waals surface area contributed by atoms with Crippen molar-refractivity contribution in [3.05, 3.63) is 23.1 Å². The van der Waals surface area contributed by atoms with Crippen LogP contribution in [0.15, 0.2) is 16.5 Å². The SMILES string of the molecule is CN1CCC[C@]2(CO)CCN(C(=O)c3ccc(Cl)o3)C[C@@H]12. The summed E-state index contributed by atoms with van der Waals surface area (Å²) in [6.07, 6.45) is 2.97. The van der Waals surface area contributed by atoms with Gasteiger partial charge < -0.3 is 19.3 Å². The second-order valence-electron chi connectivity index (χ2n) is 6.23. The second-order valence-corrected chi connectivity index (χ2v) is 6.60. The number of carbonyl (C=O) groups is 1. The molecule has 6 heteroatoms. The Morgan fingerprint density at radius 1 is 1.48 bits per heavy atom. The quantitative estimate of drug-likeness (QED) is 0.905. The van der Waals surface area contributed by atoms with Gasteiger partial charge in [0, 0.05) is 24.5 Å². The predicted molar refractivity (Wildman–Crippen MR) is 79.4 cm³/mol. The van der Waals surface area contributed by atoms with Gasteiger partial charge in [0.25, 0.3) is 5.91 Å². The zero-order valence-electron chi connectivity index (χ0n) is 12.2. The van der Waals surface area contributed by atoms with E-state index >= 15 is 0 Å². The minimum absolute atomic E-state index is 0.0649. The third kappa shape index (κ3) is 2.58. The molecule has 1 aromatic heterocycles. The van der Waals surface area contributed by atoms with Gasteiger partial charge >= 0.3 is 0 Å². The van der Waals surface area contributed by atoms with E-state index in [1.807, 2.05) is 4.90 Å². The van der Waals surface area contributed by atoms with Gasteiger partial charge in [-0.05, 0) is 56.6 Å². The fourth-order valence-corrected chi connectivity index (χ4v) is 3.93. The Morgan fingerprint density at radius 2 is 2.29 bits per heavy atom. The Kier molecular flexibility index (Phi) is 3.99. The molecule has 5 nitrogen and oxygen atoms in total. The smallest absolute Gasteiger partial charge is 0.289 e. The monoisotopic (exact) mass is 312 g/mol. The summed E-state index contributed by atoms with van der Waals surface area (Å²) >= 11 is 5.74. The molecule has 116 valence electrons. The van der Waals surface area contributed by atoms with Crippen LogP contribution >= 0.6 is 11.6 Å². The summed E-state index contributed by atoms with van der Waals surface area (Å²) in [7, 11) is 2.08. The largest absolute Gasteiger partial charge is 0.440 e. The van der Waals surface area contributed by atoms with E-state index in [0.29, 0.717) is 13.1 Å². The van der Waals surface area contributed by atoms with Crippen molar-refractivity contribution in [2.24, 2.45) is 5.41 Å². The zero-order chi connectivity index (χ0) is 15.0. The van der Waals surface area contributed by atoms with Crippen molar-refractivity contribution in [1.29, 1.82) is 0 Å². The van der Waals surface area contributed by atoms with Gasteiger partial charge in [-0.1, -0.05) is 0 Å². The Morgan fingerprint density at radius 3 is 2.95 bits per heavy atom. The number of piperidine rings is 2. The van der Waals surface area contributed by atoms with E-state index in [4.69, 9.17) is 16.0 Å². The number of likely N-dealkylation sites (N-methyl/N-ethyl adjacent to an activating group) is 1. The van der Waals surface area contributed by atoms with Crippen LogP contribution in [0.3, 0.4) is 0 Å². The first-order valence-electron chi connectivity index (χ1n) is 7.41. The summed E-state index contributed by atoms with van der Waals surface area (Å²) in [6.45, 7) is 2.49. The fourth-order valence-electron chi connectivity index (χ4n) is 3.79. The number of hydrogen-bond acceptors (Lipinski definition) is 4. The highest BCUT2D eigenvalue weighted by Gasteiger charge is 2.47. The number of amides is 1. The molecule has 1 N–H and O–H groups in total. The van der Waals surface area contributed by atoms with E-state index < -0.39 is 0 Å². The van der Waals surface area contributed by atoms with Gasteiger partial charge in [0.05, 0.1) is 6.61 Å². The number of rotatable bonds is 2. The van der Waals surface area contributed by atoms with Crippen LogP contribution in [-0.2, 0) is 0 Å². The first kappa shape index (κ1) is 14.9. The number of aliphatic hydroxyl groups excluding tert-OH is 1. The first-order chi connectivity index (χ1) is 10.1. The van der Waals surface area contributed by atoms with Crippen molar-refractivity contribution in [1.82, 2.24) is 9.80 Å². The molecule has 0 radical (unpaired) electrons. The predicted octanol–water partition coefficient (Wildman–Crippen LogP) is 1.85. The summed E-state index contributed by atoms with van der Waals surface area (Å²) in [4.78, 5) is 16.6. The molecule has 0 aliphatic carbocycles. The van der Waals surface area contributed by atoms with Crippen molar-refractivity contribution in [2.75, 3.05) is 33.3 Å². The average molecular weight is 313 g/mol. The molecule has 2 saturated heterocycles. The summed E-state index contributed by atoms with van der Waals surface area (Å²) in [5.74, 6) is 0.169. The van der Waals surface area contributed by atoms with Gasteiger partial charge in [0.2, 0.25) is 0 Å². The van der Waals surface area contributed by atoms with Gasteiger partial charge in [-0.15, -0.1) is 0 Å². The molecule has 0 bridgehead atoms. The fraction of sp³-hybridized carbons (Fsp3) is 0.667. The molecule has 0 saturated carbocycles. The molecule has 2 fully saturated rings. The molecule has 21 heavy (non-hydrogen) atoms.